The predicted molar refractivity (Wildman–Crippen MR) is 146 cm³/mol. The Morgan fingerprint density at radius 1 is 1.15 bits per heavy atom. The minimum absolute atomic E-state index is 0. The van der Waals surface area contributed by atoms with Crippen molar-refractivity contribution >= 4 is 41.7 Å². The zero-order valence-corrected chi connectivity index (χ0v) is 22.4. The maximum absolute atomic E-state index is 11.8. The number of ether oxygens (including phenoxy) is 1. The Hall–Kier alpha value is -2.49. The number of aliphatic imine (C=N–C) groups is 1. The quantitative estimate of drug-likeness (QED) is 0.221. The molecular weight excluding hydrogens is 529 g/mol. The van der Waals surface area contributed by atoms with E-state index in [0.717, 1.165) is 41.5 Å². The zero-order chi connectivity index (χ0) is 23.1. The molecule has 4 N–H and O–H groups in total. The van der Waals surface area contributed by atoms with Gasteiger partial charge in [0, 0.05) is 30.3 Å². The molecule has 0 fully saturated rings. The molecule has 0 aliphatic carbocycles. The largest absolute Gasteiger partial charge is 0.487 e. The number of halogens is 1. The van der Waals surface area contributed by atoms with Crippen LogP contribution in [0.4, 0.5) is 10.5 Å². The fourth-order valence-electron chi connectivity index (χ4n) is 3.71. The third-order valence-electron chi connectivity index (χ3n) is 5.08. The molecule has 8 heteroatoms. The van der Waals surface area contributed by atoms with Crippen LogP contribution in [0, 0.1) is 0 Å². The van der Waals surface area contributed by atoms with Crippen LogP contribution in [0.1, 0.15) is 58.2 Å². The number of nitrogens with one attached hydrogen (secondary N) is 4. The number of amides is 2. The summed E-state index contributed by atoms with van der Waals surface area (Å²) >= 11 is 0. The number of nitrogens with zero attached hydrogens (tertiary/aromatic N) is 1. The molecule has 0 saturated carbocycles. The lowest BCUT2D eigenvalue weighted by molar-refractivity contribution is 0.0694. The van der Waals surface area contributed by atoms with E-state index in [2.05, 4.69) is 48.1 Å². The number of benzene rings is 2. The summed E-state index contributed by atoms with van der Waals surface area (Å²) in [6.07, 6.45) is 0.841. The molecule has 0 saturated heterocycles. The van der Waals surface area contributed by atoms with E-state index in [0.29, 0.717) is 6.54 Å². The number of hydrogen-bond acceptors (Lipinski definition) is 3. The molecule has 1 aliphatic rings. The van der Waals surface area contributed by atoms with Crippen LogP contribution in [0.3, 0.4) is 0 Å². The van der Waals surface area contributed by atoms with Crippen LogP contribution >= 0.6 is 24.0 Å². The molecule has 1 heterocycles. The average molecular weight is 566 g/mol. The van der Waals surface area contributed by atoms with Gasteiger partial charge in [-0.05, 0) is 58.4 Å². The van der Waals surface area contributed by atoms with Crippen molar-refractivity contribution in [1.82, 2.24) is 16.0 Å². The second-order valence-corrected chi connectivity index (χ2v) is 8.95. The number of carbonyl (C=O) groups is 1. The van der Waals surface area contributed by atoms with Crippen LogP contribution in [-0.4, -0.2) is 30.2 Å². The highest BCUT2D eigenvalue weighted by atomic mass is 127. The minimum atomic E-state index is -0.256. The van der Waals surface area contributed by atoms with Gasteiger partial charge in [0.05, 0.1) is 12.6 Å². The first kappa shape index (κ1) is 26.8. The van der Waals surface area contributed by atoms with Gasteiger partial charge in [0.15, 0.2) is 5.96 Å². The van der Waals surface area contributed by atoms with E-state index in [4.69, 9.17) is 9.73 Å². The molecule has 0 aromatic heterocycles. The lowest BCUT2D eigenvalue weighted by Crippen LogP contribution is -2.45. The second kappa shape index (κ2) is 12.1. The molecule has 33 heavy (non-hydrogen) atoms. The number of urea groups is 1. The first-order valence-electron chi connectivity index (χ1n) is 11.2. The van der Waals surface area contributed by atoms with E-state index in [1.54, 1.807) is 0 Å². The summed E-state index contributed by atoms with van der Waals surface area (Å²) in [5.74, 6) is 1.69. The second-order valence-electron chi connectivity index (χ2n) is 8.95. The molecule has 2 aromatic carbocycles. The van der Waals surface area contributed by atoms with E-state index in [9.17, 15) is 4.79 Å². The molecule has 1 unspecified atom stereocenters. The van der Waals surface area contributed by atoms with E-state index in [1.165, 1.54) is 0 Å². The Kier molecular flexibility index (Phi) is 9.82. The topological polar surface area (TPSA) is 86.8 Å². The van der Waals surface area contributed by atoms with Crippen LogP contribution in [0.5, 0.6) is 5.75 Å². The van der Waals surface area contributed by atoms with Crippen molar-refractivity contribution in [2.24, 2.45) is 4.99 Å². The number of rotatable bonds is 6. The maximum atomic E-state index is 11.8. The SMILES string of the molecule is CCNC(=NCc1ccc(NC(=O)NC(C)C)cc1)NC1CC(C)(C)Oc2ccccc21.I. The fraction of sp³-hybridized carbons (Fsp3) is 0.440. The van der Waals surface area contributed by atoms with Crippen molar-refractivity contribution in [3.63, 3.8) is 0 Å². The van der Waals surface area contributed by atoms with Crippen molar-refractivity contribution in [3.8, 4) is 5.75 Å². The normalized spacial score (nSPS) is 16.7. The Labute approximate surface area is 214 Å². The highest BCUT2D eigenvalue weighted by Crippen LogP contribution is 2.39. The number of guanidine groups is 1. The molecule has 7 nitrogen and oxygen atoms in total. The predicted octanol–water partition coefficient (Wildman–Crippen LogP) is 5.19. The van der Waals surface area contributed by atoms with Gasteiger partial charge in [0.2, 0.25) is 0 Å². The summed E-state index contributed by atoms with van der Waals surface area (Å²) in [6, 6.07) is 15.9. The third-order valence-corrected chi connectivity index (χ3v) is 5.08. The molecule has 3 rings (SSSR count). The van der Waals surface area contributed by atoms with Gasteiger partial charge in [0.1, 0.15) is 11.4 Å². The standard InChI is InChI=1S/C25H35N5O2.HI/c1-6-26-23(30-21-15-25(4,5)32-22-10-8-7-9-20(21)22)27-16-18-11-13-19(14-12-18)29-24(31)28-17(2)3;/h7-14,17,21H,6,15-16H2,1-5H3,(H2,26,27,30)(H2,28,29,31);1H. The molecule has 0 radical (unpaired) electrons. The molecule has 0 spiro atoms. The van der Waals surface area contributed by atoms with Gasteiger partial charge in [-0.15, -0.1) is 24.0 Å². The molecule has 1 atom stereocenters. The van der Waals surface area contributed by atoms with Crippen molar-refractivity contribution in [2.45, 2.75) is 65.3 Å². The monoisotopic (exact) mass is 565 g/mol. The van der Waals surface area contributed by atoms with Gasteiger partial charge < -0.3 is 26.0 Å². The summed E-state index contributed by atoms with van der Waals surface area (Å²) in [5.41, 5.74) is 2.70. The van der Waals surface area contributed by atoms with Gasteiger partial charge in [-0.3, -0.25) is 0 Å². The van der Waals surface area contributed by atoms with Crippen molar-refractivity contribution in [2.75, 3.05) is 11.9 Å². The maximum Gasteiger partial charge on any atom is 0.319 e. The van der Waals surface area contributed by atoms with E-state index >= 15 is 0 Å². The van der Waals surface area contributed by atoms with Crippen molar-refractivity contribution in [1.29, 1.82) is 0 Å². The Balaban J connectivity index is 0.00000385. The number of para-hydroxylation sites is 1. The third kappa shape index (κ3) is 8.10. The first-order chi connectivity index (χ1) is 15.3. The fourth-order valence-corrected chi connectivity index (χ4v) is 3.71. The van der Waals surface area contributed by atoms with Crippen LogP contribution in [0.15, 0.2) is 53.5 Å². The smallest absolute Gasteiger partial charge is 0.319 e. The van der Waals surface area contributed by atoms with Gasteiger partial charge in [0.25, 0.3) is 0 Å². The van der Waals surface area contributed by atoms with Crippen LogP contribution in [0.2, 0.25) is 0 Å². The van der Waals surface area contributed by atoms with Crippen LogP contribution < -0.4 is 26.0 Å². The van der Waals surface area contributed by atoms with Crippen LogP contribution in [-0.2, 0) is 6.54 Å². The number of fused-ring (bicyclic) bond motifs is 1. The first-order valence-corrected chi connectivity index (χ1v) is 11.2. The Morgan fingerprint density at radius 2 is 1.85 bits per heavy atom. The minimum Gasteiger partial charge on any atom is -0.487 e. The number of anilines is 1. The molecular formula is C25H36IN5O2. The lowest BCUT2D eigenvalue weighted by atomic mass is 9.90. The molecule has 0 bridgehead atoms. The van der Waals surface area contributed by atoms with Gasteiger partial charge in [-0.25, -0.2) is 9.79 Å². The number of carbonyl (C=O) groups excluding carboxylic acids is 1. The Bertz CT molecular complexity index is 944. The zero-order valence-electron chi connectivity index (χ0n) is 20.1. The molecule has 180 valence electrons. The highest BCUT2D eigenvalue weighted by Gasteiger charge is 2.33. The van der Waals surface area contributed by atoms with Gasteiger partial charge >= 0.3 is 6.03 Å². The lowest BCUT2D eigenvalue weighted by Gasteiger charge is -2.38. The summed E-state index contributed by atoms with van der Waals surface area (Å²) in [6.45, 7) is 11.4. The summed E-state index contributed by atoms with van der Waals surface area (Å²) in [4.78, 5) is 16.6. The Morgan fingerprint density at radius 3 is 2.52 bits per heavy atom. The van der Waals surface area contributed by atoms with E-state index in [-0.39, 0.29) is 47.7 Å². The molecule has 2 aromatic rings. The van der Waals surface area contributed by atoms with Crippen molar-refractivity contribution in [3.05, 3.63) is 59.7 Å². The van der Waals surface area contributed by atoms with Gasteiger partial charge in [-0.2, -0.15) is 0 Å². The molecule has 2 amide bonds. The van der Waals surface area contributed by atoms with Crippen LogP contribution in [0.25, 0.3) is 0 Å². The number of hydrogen-bond donors (Lipinski definition) is 4. The van der Waals surface area contributed by atoms with E-state index in [1.807, 2.05) is 56.3 Å². The summed E-state index contributed by atoms with van der Waals surface area (Å²) < 4.78 is 6.15. The summed E-state index contributed by atoms with van der Waals surface area (Å²) in [5, 5.41) is 12.6. The van der Waals surface area contributed by atoms with Crippen molar-refractivity contribution < 1.29 is 9.53 Å². The van der Waals surface area contributed by atoms with E-state index < -0.39 is 0 Å². The highest BCUT2D eigenvalue weighted by molar-refractivity contribution is 14.0. The van der Waals surface area contributed by atoms with Gasteiger partial charge in [-0.1, -0.05) is 30.3 Å². The summed E-state index contributed by atoms with van der Waals surface area (Å²) in [7, 11) is 0. The molecule has 1 aliphatic heterocycles. The average Bonchev–Trinajstić information content (AvgIpc) is 2.72.